The Kier molecular flexibility index (Phi) is 11.4. The predicted octanol–water partition coefficient (Wildman–Crippen LogP) is 10.9. The van der Waals surface area contributed by atoms with Gasteiger partial charge in [-0.2, -0.15) is 5.26 Å². The summed E-state index contributed by atoms with van der Waals surface area (Å²) >= 11 is 1.85. The molecule has 0 bridgehead atoms. The van der Waals surface area contributed by atoms with E-state index in [0.717, 1.165) is 35.8 Å². The molecular formula is C42H55N5S. The molecule has 7 rings (SSSR count). The van der Waals surface area contributed by atoms with E-state index in [9.17, 15) is 5.26 Å². The first-order valence-corrected chi connectivity index (χ1v) is 19.5. The van der Waals surface area contributed by atoms with Gasteiger partial charge in [-0.15, -0.1) is 11.3 Å². The molecule has 3 saturated carbocycles. The molecule has 3 aliphatic carbocycles. The summed E-state index contributed by atoms with van der Waals surface area (Å²) in [6.07, 6.45) is 18.8. The molecule has 0 amide bonds. The minimum Gasteiger partial charge on any atom is -0.375 e. The summed E-state index contributed by atoms with van der Waals surface area (Å²) in [5, 5.41) is 10.9. The Morgan fingerprint density at radius 1 is 0.958 bits per heavy atom. The highest BCUT2D eigenvalue weighted by atomic mass is 32.1. The Morgan fingerprint density at radius 2 is 1.69 bits per heavy atom. The van der Waals surface area contributed by atoms with Crippen LogP contribution in [0.25, 0.3) is 10.4 Å². The maximum atomic E-state index is 9.63. The maximum absolute atomic E-state index is 9.63. The zero-order valence-corrected chi connectivity index (χ0v) is 30.4. The van der Waals surface area contributed by atoms with Gasteiger partial charge in [-0.3, -0.25) is 0 Å². The number of hydrogen-bond donors (Lipinski definition) is 0. The average molecular weight is 662 g/mol. The zero-order valence-electron chi connectivity index (χ0n) is 29.6. The van der Waals surface area contributed by atoms with E-state index in [-0.39, 0.29) is 0 Å². The number of hydrogen-bond acceptors (Lipinski definition) is 6. The van der Waals surface area contributed by atoms with Gasteiger partial charge in [0, 0.05) is 49.3 Å². The average Bonchev–Trinajstić information content (AvgIpc) is 3.85. The summed E-state index contributed by atoms with van der Waals surface area (Å²) < 4.78 is 0. The Labute approximate surface area is 293 Å². The van der Waals surface area contributed by atoms with Crippen LogP contribution in [0, 0.1) is 29.1 Å². The third-order valence-electron chi connectivity index (χ3n) is 11.2. The zero-order chi connectivity index (χ0) is 33.6. The first-order chi connectivity index (χ1) is 23.3. The van der Waals surface area contributed by atoms with Crippen molar-refractivity contribution in [1.29, 1.82) is 5.26 Å². The van der Waals surface area contributed by atoms with Crippen molar-refractivity contribution in [2.75, 3.05) is 24.5 Å². The fourth-order valence-electron chi connectivity index (χ4n) is 7.88. The minimum atomic E-state index is 0.553. The molecule has 3 heterocycles. The molecule has 0 unspecified atom stereocenters. The van der Waals surface area contributed by atoms with Crippen molar-refractivity contribution in [2.24, 2.45) is 17.8 Å². The molecule has 1 aromatic carbocycles. The van der Waals surface area contributed by atoms with Crippen molar-refractivity contribution >= 4 is 17.2 Å². The highest BCUT2D eigenvalue weighted by Crippen LogP contribution is 2.44. The van der Waals surface area contributed by atoms with Gasteiger partial charge in [0.1, 0.15) is 5.82 Å². The highest BCUT2D eigenvalue weighted by molar-refractivity contribution is 7.15. The van der Waals surface area contributed by atoms with Crippen LogP contribution in [-0.2, 0) is 6.42 Å². The van der Waals surface area contributed by atoms with Crippen molar-refractivity contribution in [3.05, 3.63) is 89.0 Å². The molecule has 1 saturated heterocycles. The molecule has 4 fully saturated rings. The summed E-state index contributed by atoms with van der Waals surface area (Å²) in [4.78, 5) is 15.7. The lowest BCUT2D eigenvalue weighted by atomic mass is 9.77. The van der Waals surface area contributed by atoms with Gasteiger partial charge in [0.2, 0.25) is 0 Å². The van der Waals surface area contributed by atoms with Gasteiger partial charge >= 0.3 is 0 Å². The van der Waals surface area contributed by atoms with Crippen LogP contribution in [0.2, 0.25) is 0 Å². The molecule has 48 heavy (non-hydrogen) atoms. The van der Waals surface area contributed by atoms with Gasteiger partial charge in [0.15, 0.2) is 0 Å². The van der Waals surface area contributed by atoms with Crippen LogP contribution in [0.3, 0.4) is 0 Å². The van der Waals surface area contributed by atoms with Crippen LogP contribution >= 0.6 is 11.3 Å². The van der Waals surface area contributed by atoms with E-state index < -0.39 is 0 Å². The Bertz CT molecular complexity index is 1590. The largest absolute Gasteiger partial charge is 0.375 e. The second-order valence-electron chi connectivity index (χ2n) is 15.0. The van der Waals surface area contributed by atoms with Crippen molar-refractivity contribution in [3.8, 4) is 16.5 Å². The Hall–Kier alpha value is -3.43. The van der Waals surface area contributed by atoms with E-state index >= 15 is 0 Å². The molecule has 2 aromatic heterocycles. The summed E-state index contributed by atoms with van der Waals surface area (Å²) in [7, 11) is 0. The Balaban J connectivity index is 0.000000441. The second-order valence-corrected chi connectivity index (χ2v) is 16.1. The monoisotopic (exact) mass is 661 g/mol. The standard InChI is InChI=1S/C35H42N4S.C7H13N/c1-3-26-13-16-30(19-32(26)21-36)28-11-9-25(10-12-28)23-39(24(2)27-7-5-4-6-8-27)34-20-31(17-18-37-34)33-22-38-35(40-33)29-14-15-29;1-6(2)8-4-7(3)5-8/h13,16-20,22,25,27-29H,2-12,14-15,23H2,1H3;7H,1,4-5H2,2-3H3. The van der Waals surface area contributed by atoms with E-state index in [1.54, 1.807) is 0 Å². The van der Waals surface area contributed by atoms with Crippen molar-refractivity contribution in [3.63, 3.8) is 0 Å². The molecule has 6 heteroatoms. The second kappa shape index (κ2) is 15.9. The van der Waals surface area contributed by atoms with Crippen LogP contribution in [0.5, 0.6) is 0 Å². The molecule has 1 aliphatic heterocycles. The van der Waals surface area contributed by atoms with Crippen molar-refractivity contribution in [2.45, 2.75) is 110 Å². The molecule has 5 nitrogen and oxygen atoms in total. The molecule has 0 spiro atoms. The molecule has 0 atom stereocenters. The fraction of sp³-hybridized carbons (Fsp3) is 0.548. The first-order valence-electron chi connectivity index (χ1n) is 18.6. The number of nitriles is 1. The quantitative estimate of drug-likeness (QED) is 0.216. The van der Waals surface area contributed by atoms with Gasteiger partial charge in [-0.05, 0) is 123 Å². The lowest BCUT2D eigenvalue weighted by Crippen LogP contribution is -2.43. The van der Waals surface area contributed by atoms with Crippen LogP contribution < -0.4 is 4.90 Å². The van der Waals surface area contributed by atoms with Crippen LogP contribution in [-0.4, -0.2) is 34.5 Å². The Morgan fingerprint density at radius 3 is 2.31 bits per heavy atom. The number of pyridine rings is 1. The van der Waals surface area contributed by atoms with Gasteiger partial charge in [0.25, 0.3) is 0 Å². The van der Waals surface area contributed by atoms with Crippen LogP contribution in [0.15, 0.2) is 67.3 Å². The topological polar surface area (TPSA) is 56.0 Å². The summed E-state index contributed by atoms with van der Waals surface area (Å²) in [5.74, 6) is 4.36. The number of allylic oxidation sites excluding steroid dienone is 2. The number of likely N-dealkylation sites (tertiary alicyclic amines) is 1. The smallest absolute Gasteiger partial charge is 0.133 e. The SMILES string of the molecule is C=C(C)N1CC(C)C1.C=C(C1CCCCC1)N(CC1CCC(c2ccc(CC)c(C#N)c2)CC1)c1cc(-c2cnc(C3CC3)s2)ccn1. The third-order valence-corrected chi connectivity index (χ3v) is 12.4. The number of rotatable bonds is 10. The van der Waals surface area contributed by atoms with E-state index in [0.29, 0.717) is 23.7 Å². The van der Waals surface area contributed by atoms with Gasteiger partial charge in [-0.25, -0.2) is 9.97 Å². The normalized spacial score (nSPS) is 21.4. The van der Waals surface area contributed by atoms with Gasteiger partial charge in [0.05, 0.1) is 21.5 Å². The molecular weight excluding hydrogens is 607 g/mol. The van der Waals surface area contributed by atoms with Crippen molar-refractivity contribution in [1.82, 2.24) is 14.9 Å². The lowest BCUT2D eigenvalue weighted by Gasteiger charge is -2.39. The number of aromatic nitrogens is 2. The maximum Gasteiger partial charge on any atom is 0.133 e. The highest BCUT2D eigenvalue weighted by Gasteiger charge is 2.30. The molecule has 254 valence electrons. The minimum absolute atomic E-state index is 0.553. The summed E-state index contributed by atoms with van der Waals surface area (Å²) in [6.45, 7) is 18.4. The van der Waals surface area contributed by atoms with Crippen LogP contribution in [0.4, 0.5) is 5.82 Å². The number of nitrogens with zero attached hydrogens (tertiary/aromatic N) is 5. The molecule has 0 N–H and O–H groups in total. The van der Waals surface area contributed by atoms with E-state index in [1.165, 1.54) is 116 Å². The fourth-order valence-corrected chi connectivity index (χ4v) is 8.96. The van der Waals surface area contributed by atoms with Gasteiger partial charge < -0.3 is 9.80 Å². The molecule has 3 aromatic rings. The number of anilines is 1. The van der Waals surface area contributed by atoms with Gasteiger partial charge in [-0.1, -0.05) is 58.4 Å². The molecule has 0 radical (unpaired) electrons. The molecule has 4 aliphatic rings. The first kappa shape index (κ1) is 34.4. The lowest BCUT2D eigenvalue weighted by molar-refractivity contribution is 0.159. The number of thiazole rings is 1. The third kappa shape index (κ3) is 8.40. The number of aryl methyl sites for hydroxylation is 1. The predicted molar refractivity (Wildman–Crippen MR) is 201 cm³/mol. The van der Waals surface area contributed by atoms with E-state index in [1.807, 2.05) is 17.5 Å². The number of benzene rings is 1. The van der Waals surface area contributed by atoms with Crippen molar-refractivity contribution < 1.29 is 0 Å². The van der Waals surface area contributed by atoms with Crippen LogP contribution in [0.1, 0.15) is 125 Å². The van der Waals surface area contributed by atoms with E-state index in [2.05, 4.69) is 79.7 Å². The van der Waals surface area contributed by atoms with E-state index in [4.69, 9.17) is 16.5 Å². The summed E-state index contributed by atoms with van der Waals surface area (Å²) in [6, 6.07) is 13.4. The summed E-state index contributed by atoms with van der Waals surface area (Å²) in [5.41, 5.74) is 7.07.